The van der Waals surface area contributed by atoms with Crippen LogP contribution in [0.4, 0.5) is 0 Å². The van der Waals surface area contributed by atoms with E-state index in [1.165, 1.54) is 0 Å². The van der Waals surface area contributed by atoms with E-state index in [0.29, 0.717) is 0 Å². The lowest BCUT2D eigenvalue weighted by Gasteiger charge is -2.09. The lowest BCUT2D eigenvalue weighted by Crippen LogP contribution is -1.97. The lowest BCUT2D eigenvalue weighted by molar-refractivity contribution is 1.10. The molecule has 3 aromatic carbocycles. The van der Waals surface area contributed by atoms with E-state index in [2.05, 4.69) is 50.8 Å². The molecule has 22 heavy (non-hydrogen) atoms. The van der Waals surface area contributed by atoms with Crippen molar-refractivity contribution in [1.29, 1.82) is 0 Å². The average molecular weight is 349 g/mol. The summed E-state index contributed by atoms with van der Waals surface area (Å²) >= 11 is 3.56. The molecule has 1 heterocycles. The Morgan fingerprint density at radius 2 is 1.45 bits per heavy atom. The molecule has 0 aliphatic carbocycles. The number of hydrogen-bond acceptors (Lipinski definition) is 1. The highest BCUT2D eigenvalue weighted by Crippen LogP contribution is 2.30. The molecule has 0 bridgehead atoms. The molecule has 0 unspecified atom stereocenters. The van der Waals surface area contributed by atoms with Crippen molar-refractivity contribution in [2.24, 2.45) is 0 Å². The Balaban J connectivity index is 2.08. The molecule has 4 aromatic rings. The maximum atomic E-state index is 4.84. The first-order valence-corrected chi connectivity index (χ1v) is 7.91. The summed E-state index contributed by atoms with van der Waals surface area (Å²) in [5.74, 6) is 0.958. The number of aromatic nitrogens is 2. The number of halogens is 1. The van der Waals surface area contributed by atoms with Crippen molar-refractivity contribution in [3.63, 3.8) is 0 Å². The van der Waals surface area contributed by atoms with Gasteiger partial charge in [-0.05, 0) is 30.3 Å². The molecular formula is C19H13BrN2. The minimum Gasteiger partial charge on any atom is -0.292 e. The molecule has 106 valence electrons. The third-order valence-electron chi connectivity index (χ3n) is 3.66. The lowest BCUT2D eigenvalue weighted by atomic mass is 10.2. The van der Waals surface area contributed by atoms with Gasteiger partial charge in [0, 0.05) is 15.7 Å². The standard InChI is InChI=1S/C19H13BrN2/c20-15-11-12-17-18(13-15)22(16-9-5-2-6-10-16)19(21-17)14-7-3-1-4-8-14/h1-13H. The minimum absolute atomic E-state index is 0.958. The monoisotopic (exact) mass is 348 g/mol. The van der Waals surface area contributed by atoms with Crippen molar-refractivity contribution in [2.45, 2.75) is 0 Å². The summed E-state index contributed by atoms with van der Waals surface area (Å²) in [5.41, 5.74) is 4.31. The quantitative estimate of drug-likeness (QED) is 0.470. The van der Waals surface area contributed by atoms with Crippen LogP contribution in [0.5, 0.6) is 0 Å². The van der Waals surface area contributed by atoms with Crippen molar-refractivity contribution in [3.05, 3.63) is 83.3 Å². The van der Waals surface area contributed by atoms with Gasteiger partial charge in [0.05, 0.1) is 11.0 Å². The summed E-state index contributed by atoms with van der Waals surface area (Å²) in [5, 5.41) is 0. The molecule has 0 aliphatic rings. The van der Waals surface area contributed by atoms with E-state index in [0.717, 1.165) is 32.6 Å². The van der Waals surface area contributed by atoms with Crippen LogP contribution in [0.25, 0.3) is 28.1 Å². The summed E-state index contributed by atoms with van der Waals surface area (Å²) in [4.78, 5) is 4.84. The number of rotatable bonds is 2. The van der Waals surface area contributed by atoms with Crippen LogP contribution in [0.2, 0.25) is 0 Å². The highest BCUT2D eigenvalue weighted by molar-refractivity contribution is 9.10. The van der Waals surface area contributed by atoms with E-state index in [1.807, 2.05) is 48.5 Å². The Labute approximate surface area is 137 Å². The minimum atomic E-state index is 0.958. The molecule has 3 heteroatoms. The molecule has 0 N–H and O–H groups in total. The van der Waals surface area contributed by atoms with Crippen molar-refractivity contribution in [2.75, 3.05) is 0 Å². The van der Waals surface area contributed by atoms with Gasteiger partial charge in [0.25, 0.3) is 0 Å². The van der Waals surface area contributed by atoms with Gasteiger partial charge < -0.3 is 0 Å². The zero-order valence-electron chi connectivity index (χ0n) is 11.8. The van der Waals surface area contributed by atoms with Gasteiger partial charge in [0.15, 0.2) is 0 Å². The Hall–Kier alpha value is -2.39. The Morgan fingerprint density at radius 3 is 2.18 bits per heavy atom. The number of para-hydroxylation sites is 1. The highest BCUT2D eigenvalue weighted by atomic mass is 79.9. The highest BCUT2D eigenvalue weighted by Gasteiger charge is 2.14. The van der Waals surface area contributed by atoms with Gasteiger partial charge >= 0.3 is 0 Å². The van der Waals surface area contributed by atoms with Crippen molar-refractivity contribution < 1.29 is 0 Å². The Morgan fingerprint density at radius 1 is 0.773 bits per heavy atom. The van der Waals surface area contributed by atoms with Gasteiger partial charge in [0.2, 0.25) is 0 Å². The van der Waals surface area contributed by atoms with Crippen LogP contribution in [-0.4, -0.2) is 9.55 Å². The van der Waals surface area contributed by atoms with E-state index in [4.69, 9.17) is 4.98 Å². The first-order chi connectivity index (χ1) is 10.8. The zero-order chi connectivity index (χ0) is 14.9. The summed E-state index contributed by atoms with van der Waals surface area (Å²) in [6.45, 7) is 0. The van der Waals surface area contributed by atoms with Crippen LogP contribution < -0.4 is 0 Å². The fourth-order valence-corrected chi connectivity index (χ4v) is 3.02. The van der Waals surface area contributed by atoms with E-state index < -0.39 is 0 Å². The SMILES string of the molecule is Brc1ccc2nc(-c3ccccc3)n(-c3ccccc3)c2c1. The van der Waals surface area contributed by atoms with Crippen LogP contribution >= 0.6 is 15.9 Å². The predicted octanol–water partition coefficient (Wildman–Crippen LogP) is 5.46. The van der Waals surface area contributed by atoms with Crippen molar-refractivity contribution in [1.82, 2.24) is 9.55 Å². The molecule has 2 nitrogen and oxygen atoms in total. The van der Waals surface area contributed by atoms with E-state index in [-0.39, 0.29) is 0 Å². The Bertz CT molecular complexity index is 928. The second kappa shape index (κ2) is 5.43. The normalized spacial score (nSPS) is 11.0. The molecule has 0 fully saturated rings. The fourth-order valence-electron chi connectivity index (χ4n) is 2.67. The molecule has 0 amide bonds. The summed E-state index contributed by atoms with van der Waals surface area (Å²) in [7, 11) is 0. The fraction of sp³-hybridized carbons (Fsp3) is 0. The Kier molecular flexibility index (Phi) is 3.28. The van der Waals surface area contributed by atoms with Gasteiger partial charge in [-0.2, -0.15) is 0 Å². The maximum Gasteiger partial charge on any atom is 0.145 e. The first kappa shape index (κ1) is 13.3. The first-order valence-electron chi connectivity index (χ1n) is 7.12. The molecule has 0 atom stereocenters. The van der Waals surface area contributed by atoms with Crippen LogP contribution in [-0.2, 0) is 0 Å². The molecule has 0 radical (unpaired) electrons. The molecule has 4 rings (SSSR count). The van der Waals surface area contributed by atoms with E-state index >= 15 is 0 Å². The second-order valence-electron chi connectivity index (χ2n) is 5.11. The maximum absolute atomic E-state index is 4.84. The third-order valence-corrected chi connectivity index (χ3v) is 4.16. The molecule has 1 aromatic heterocycles. The summed E-state index contributed by atoms with van der Waals surface area (Å²) in [6.07, 6.45) is 0. The van der Waals surface area contributed by atoms with Crippen LogP contribution in [0.1, 0.15) is 0 Å². The van der Waals surface area contributed by atoms with Crippen molar-refractivity contribution in [3.8, 4) is 17.1 Å². The van der Waals surface area contributed by atoms with Gasteiger partial charge in [-0.25, -0.2) is 4.98 Å². The van der Waals surface area contributed by atoms with Gasteiger partial charge in [-0.3, -0.25) is 4.57 Å². The molecular weight excluding hydrogens is 336 g/mol. The van der Waals surface area contributed by atoms with Crippen LogP contribution in [0.3, 0.4) is 0 Å². The number of benzene rings is 3. The van der Waals surface area contributed by atoms with Gasteiger partial charge in [-0.15, -0.1) is 0 Å². The molecule has 0 saturated heterocycles. The van der Waals surface area contributed by atoms with Gasteiger partial charge in [-0.1, -0.05) is 64.5 Å². The van der Waals surface area contributed by atoms with Crippen molar-refractivity contribution >= 4 is 27.0 Å². The summed E-state index contributed by atoms with van der Waals surface area (Å²) < 4.78 is 3.26. The summed E-state index contributed by atoms with van der Waals surface area (Å²) in [6, 6.07) is 26.8. The van der Waals surface area contributed by atoms with E-state index in [9.17, 15) is 0 Å². The van der Waals surface area contributed by atoms with E-state index in [1.54, 1.807) is 0 Å². The number of hydrogen-bond donors (Lipinski definition) is 0. The smallest absolute Gasteiger partial charge is 0.145 e. The molecule has 0 spiro atoms. The average Bonchev–Trinajstić information content (AvgIpc) is 2.95. The van der Waals surface area contributed by atoms with Crippen LogP contribution in [0, 0.1) is 0 Å². The largest absolute Gasteiger partial charge is 0.292 e. The van der Waals surface area contributed by atoms with Gasteiger partial charge in [0.1, 0.15) is 5.82 Å². The molecule has 0 saturated carbocycles. The second-order valence-corrected chi connectivity index (χ2v) is 6.02. The topological polar surface area (TPSA) is 17.8 Å². The number of imidazole rings is 1. The predicted molar refractivity (Wildman–Crippen MR) is 94.2 cm³/mol. The number of fused-ring (bicyclic) bond motifs is 1. The molecule has 0 aliphatic heterocycles. The zero-order valence-corrected chi connectivity index (χ0v) is 13.4. The third kappa shape index (κ3) is 2.24. The number of nitrogens with zero attached hydrogens (tertiary/aromatic N) is 2. The van der Waals surface area contributed by atoms with Crippen LogP contribution in [0.15, 0.2) is 83.3 Å².